The van der Waals surface area contributed by atoms with Crippen LogP contribution in [0.1, 0.15) is 135 Å². The molecule has 0 aromatic heterocycles. The molecule has 0 fully saturated rings. The zero-order chi connectivity index (χ0) is 23.8. The van der Waals surface area contributed by atoms with E-state index >= 15 is 0 Å². The summed E-state index contributed by atoms with van der Waals surface area (Å²) in [4.78, 5) is 3.94. The molecule has 0 aliphatic rings. The van der Waals surface area contributed by atoms with Crippen molar-refractivity contribution >= 4 is 16.0 Å². The van der Waals surface area contributed by atoms with Crippen LogP contribution in [-0.4, -0.2) is 31.2 Å². The fraction of sp³-hybridized carbons (Fsp3) is 0.885. The van der Waals surface area contributed by atoms with Crippen molar-refractivity contribution in [2.75, 3.05) is 12.3 Å². The maximum absolute atomic E-state index is 11.6. The molecule has 0 aromatic carbocycles. The van der Waals surface area contributed by atoms with Crippen molar-refractivity contribution in [3.05, 3.63) is 12.2 Å². The maximum atomic E-state index is 11.6. The number of hydrogen-bond acceptors (Lipinski definition) is 4. The van der Waals surface area contributed by atoms with Crippen LogP contribution in [0.3, 0.4) is 0 Å². The second kappa shape index (κ2) is 26.7. The molecule has 0 saturated heterocycles. The Morgan fingerprint density at radius 1 is 0.727 bits per heavy atom. The Bertz CT molecular complexity index is 565. The van der Waals surface area contributed by atoms with Crippen molar-refractivity contribution in [3.63, 3.8) is 0 Å². The monoisotopic (exact) mass is 495 g/mol. The first kappa shape index (κ1) is 35.3. The fourth-order valence-corrected chi connectivity index (χ4v) is 4.30. The normalized spacial score (nSPS) is 12.4. The van der Waals surface area contributed by atoms with Gasteiger partial charge in [-0.15, -0.1) is 0 Å². The molecule has 0 saturated carbocycles. The topological polar surface area (TPSA) is 89.8 Å². The Morgan fingerprint density at radius 3 is 1.67 bits per heavy atom. The summed E-state index contributed by atoms with van der Waals surface area (Å²) in [7, 11) is -3.90. The number of rotatable bonds is 24. The number of allylic oxidation sites excluding steroid dienone is 2. The quantitative estimate of drug-likeness (QED) is 0.0547. The first-order valence-electron chi connectivity index (χ1n) is 13.3. The third-order valence-corrected chi connectivity index (χ3v) is 6.56. The molecule has 0 spiro atoms. The molecule has 5 nitrogen and oxygen atoms in total. The Kier molecular flexibility index (Phi) is 28.6. The van der Waals surface area contributed by atoms with Gasteiger partial charge in [-0.3, -0.25) is 4.55 Å². The van der Waals surface area contributed by atoms with Gasteiger partial charge in [-0.25, -0.2) is 0 Å². The Morgan fingerprint density at radius 2 is 1.18 bits per heavy atom. The number of unbranched alkanes of at least 4 members (excludes halogenated alkanes) is 16. The van der Waals surface area contributed by atoms with Gasteiger partial charge in [0.1, 0.15) is 0 Å². The van der Waals surface area contributed by atoms with E-state index in [1.54, 1.807) is 0 Å². The van der Waals surface area contributed by atoms with Crippen LogP contribution in [0.5, 0.6) is 0 Å². The van der Waals surface area contributed by atoms with Crippen molar-refractivity contribution < 1.29 is 47.6 Å². The minimum Gasteiger partial charge on any atom is -0.862 e. The van der Waals surface area contributed by atoms with Gasteiger partial charge in [0.05, 0.1) is 5.75 Å². The molecule has 0 aromatic rings. The van der Waals surface area contributed by atoms with E-state index in [1.807, 2.05) is 0 Å². The van der Waals surface area contributed by atoms with E-state index in [1.165, 1.54) is 96.3 Å². The summed E-state index contributed by atoms with van der Waals surface area (Å²) in [5.74, 6) is -0.345. The third kappa shape index (κ3) is 32.1. The van der Waals surface area contributed by atoms with Gasteiger partial charge in [0.25, 0.3) is 10.1 Å². The van der Waals surface area contributed by atoms with E-state index in [0.717, 1.165) is 12.8 Å². The predicted molar refractivity (Wildman–Crippen MR) is 136 cm³/mol. The van der Waals surface area contributed by atoms with Crippen LogP contribution in [0.15, 0.2) is 17.1 Å². The Hall–Kier alpha value is 0.120. The van der Waals surface area contributed by atoms with Gasteiger partial charge < -0.3 is 10.1 Å². The van der Waals surface area contributed by atoms with Gasteiger partial charge in [-0.05, 0) is 57.3 Å². The average Bonchev–Trinajstić information content (AvgIpc) is 2.74. The van der Waals surface area contributed by atoms with Gasteiger partial charge in [0.15, 0.2) is 0 Å². The van der Waals surface area contributed by atoms with Gasteiger partial charge in [0, 0.05) is 6.54 Å². The van der Waals surface area contributed by atoms with E-state index < -0.39 is 10.1 Å². The summed E-state index contributed by atoms with van der Waals surface area (Å²) < 4.78 is 29.8. The summed E-state index contributed by atoms with van der Waals surface area (Å²) >= 11 is 0. The minimum atomic E-state index is -3.90. The molecule has 1 N–H and O–H groups in total. The summed E-state index contributed by atoms with van der Waals surface area (Å²) in [6.07, 6.45) is 27.8. The van der Waals surface area contributed by atoms with Crippen LogP contribution in [0.25, 0.3) is 0 Å². The van der Waals surface area contributed by atoms with Crippen molar-refractivity contribution in [2.24, 2.45) is 4.99 Å². The van der Waals surface area contributed by atoms with E-state index in [4.69, 9.17) is 4.55 Å². The number of hydrogen-bond donors (Lipinski definition) is 1. The van der Waals surface area contributed by atoms with Crippen molar-refractivity contribution in [1.29, 1.82) is 0 Å². The van der Waals surface area contributed by atoms with E-state index in [9.17, 15) is 13.5 Å². The molecule has 33 heavy (non-hydrogen) atoms. The SMILES string of the molecule is CCCCCCCCCC/C=C/CCCCCCCCCC([O-])=NCCCCS(=O)(=O)O.[Na+]. The van der Waals surface area contributed by atoms with E-state index in [0.29, 0.717) is 25.8 Å². The zero-order valence-electron chi connectivity index (χ0n) is 21.7. The van der Waals surface area contributed by atoms with Crippen LogP contribution in [0.4, 0.5) is 0 Å². The summed E-state index contributed by atoms with van der Waals surface area (Å²) in [5, 5.41) is 11.6. The van der Waals surface area contributed by atoms with Crippen LogP contribution < -0.4 is 34.7 Å². The second-order valence-electron chi connectivity index (χ2n) is 9.02. The molecule has 0 aliphatic heterocycles. The van der Waals surface area contributed by atoms with Crippen molar-refractivity contribution in [1.82, 2.24) is 0 Å². The molecular weight excluding hydrogens is 445 g/mol. The van der Waals surface area contributed by atoms with Crippen LogP contribution >= 0.6 is 0 Å². The summed E-state index contributed by atoms with van der Waals surface area (Å²) in [6, 6.07) is 0. The number of nitrogens with zero attached hydrogens (tertiary/aromatic N) is 1. The Balaban J connectivity index is 0. The third-order valence-electron chi connectivity index (χ3n) is 5.75. The van der Waals surface area contributed by atoms with Crippen LogP contribution in [0, 0.1) is 0 Å². The van der Waals surface area contributed by atoms with Gasteiger partial charge in [-0.2, -0.15) is 8.42 Å². The number of aliphatic imine (C=N–C) groups is 1. The molecule has 0 radical (unpaired) electrons. The van der Waals surface area contributed by atoms with E-state index in [-0.39, 0.29) is 41.2 Å². The summed E-state index contributed by atoms with van der Waals surface area (Å²) in [5.41, 5.74) is 0. The Labute approximate surface area is 227 Å². The second-order valence-corrected chi connectivity index (χ2v) is 10.6. The van der Waals surface area contributed by atoms with Gasteiger partial charge >= 0.3 is 29.6 Å². The van der Waals surface area contributed by atoms with Gasteiger partial charge in [0.2, 0.25) is 0 Å². The van der Waals surface area contributed by atoms with Crippen LogP contribution in [-0.2, 0) is 10.1 Å². The molecule has 0 unspecified atom stereocenters. The van der Waals surface area contributed by atoms with E-state index in [2.05, 4.69) is 24.1 Å². The van der Waals surface area contributed by atoms with Gasteiger partial charge in [-0.1, -0.05) is 96.1 Å². The maximum Gasteiger partial charge on any atom is 1.00 e. The molecule has 0 rings (SSSR count). The standard InChI is InChI=1S/C26H51NO4S.Na/c1-2-3-4-5-6-7-8-9-10-11-12-13-14-15-16-17-18-19-20-23-26(28)27-24-21-22-25-32(29,30)31;/h11-12H,2-10,13-25H2,1H3,(H,27,28)(H,29,30,31);/q;+1/p-1/b12-11+;. The average molecular weight is 496 g/mol. The molecule has 0 heterocycles. The fourth-order valence-electron chi connectivity index (χ4n) is 3.73. The molecule has 0 atom stereocenters. The molecule has 7 heteroatoms. The minimum absolute atomic E-state index is 0. The first-order chi connectivity index (χ1) is 15.5. The first-order valence-corrected chi connectivity index (χ1v) is 14.9. The largest absolute Gasteiger partial charge is 1.00 e. The molecule has 0 aliphatic carbocycles. The van der Waals surface area contributed by atoms with Crippen LogP contribution in [0.2, 0.25) is 0 Å². The smallest absolute Gasteiger partial charge is 0.862 e. The summed E-state index contributed by atoms with van der Waals surface area (Å²) in [6.45, 7) is 2.62. The molecule has 190 valence electrons. The zero-order valence-corrected chi connectivity index (χ0v) is 24.6. The molecule has 0 amide bonds. The molecule has 0 bridgehead atoms. The van der Waals surface area contributed by atoms with Crippen molar-refractivity contribution in [2.45, 2.75) is 135 Å². The van der Waals surface area contributed by atoms with Crippen molar-refractivity contribution in [3.8, 4) is 0 Å². The molecular formula is C26H50NNaO4S. The predicted octanol–water partition coefficient (Wildman–Crippen LogP) is 4.02.